The van der Waals surface area contributed by atoms with Gasteiger partial charge in [0, 0.05) is 29.9 Å². The number of allylic oxidation sites excluding steroid dienone is 1. The SMILES string of the molecule is C=Nn1cc(-c2ccc(NC(=O)Cc3ccccc3F)cc2)cc/c1=N/CN[C@H]1CCC=CC1=N. The summed E-state index contributed by atoms with van der Waals surface area (Å²) in [4.78, 5) is 16.8. The van der Waals surface area contributed by atoms with Crippen molar-refractivity contribution in [3.05, 3.63) is 95.9 Å². The molecule has 0 aliphatic heterocycles. The van der Waals surface area contributed by atoms with Gasteiger partial charge in [-0.1, -0.05) is 36.4 Å². The molecule has 1 atom stereocenters. The van der Waals surface area contributed by atoms with Gasteiger partial charge in [-0.05, 0) is 60.4 Å². The molecule has 0 saturated heterocycles. The van der Waals surface area contributed by atoms with E-state index in [9.17, 15) is 9.18 Å². The number of pyridine rings is 1. The fourth-order valence-electron chi connectivity index (χ4n) is 3.85. The molecule has 0 fully saturated rings. The molecule has 0 radical (unpaired) electrons. The van der Waals surface area contributed by atoms with E-state index in [1.807, 2.05) is 42.6 Å². The molecule has 1 heterocycles. The highest BCUT2D eigenvalue weighted by Gasteiger charge is 2.13. The van der Waals surface area contributed by atoms with Crippen LogP contribution < -0.4 is 16.1 Å². The lowest BCUT2D eigenvalue weighted by atomic mass is 10.0. The molecule has 1 aliphatic rings. The lowest BCUT2D eigenvalue weighted by Crippen LogP contribution is -2.37. The summed E-state index contributed by atoms with van der Waals surface area (Å²) in [7, 11) is 0. The van der Waals surface area contributed by atoms with E-state index in [1.165, 1.54) is 6.07 Å². The van der Waals surface area contributed by atoms with Gasteiger partial charge < -0.3 is 10.7 Å². The van der Waals surface area contributed by atoms with Crippen molar-refractivity contribution in [3.8, 4) is 11.1 Å². The quantitative estimate of drug-likeness (QED) is 0.432. The normalized spacial score (nSPS) is 15.7. The lowest BCUT2D eigenvalue weighted by molar-refractivity contribution is -0.115. The first-order valence-corrected chi connectivity index (χ1v) is 11.4. The van der Waals surface area contributed by atoms with E-state index >= 15 is 0 Å². The van der Waals surface area contributed by atoms with E-state index < -0.39 is 5.82 Å². The molecular formula is C27H27FN6O. The number of anilines is 1. The van der Waals surface area contributed by atoms with E-state index in [0.717, 1.165) is 24.0 Å². The minimum absolute atomic E-state index is 0.0129. The Morgan fingerprint density at radius 2 is 1.89 bits per heavy atom. The van der Waals surface area contributed by atoms with Crippen LogP contribution in [0, 0.1) is 11.2 Å². The third kappa shape index (κ3) is 6.24. The predicted molar refractivity (Wildman–Crippen MR) is 137 cm³/mol. The summed E-state index contributed by atoms with van der Waals surface area (Å²) >= 11 is 0. The summed E-state index contributed by atoms with van der Waals surface area (Å²) in [5.74, 6) is -0.672. The Labute approximate surface area is 203 Å². The third-order valence-corrected chi connectivity index (χ3v) is 5.74. The van der Waals surface area contributed by atoms with E-state index in [-0.39, 0.29) is 18.4 Å². The van der Waals surface area contributed by atoms with E-state index in [0.29, 0.717) is 29.1 Å². The largest absolute Gasteiger partial charge is 0.326 e. The predicted octanol–water partition coefficient (Wildman–Crippen LogP) is 4.13. The van der Waals surface area contributed by atoms with E-state index in [2.05, 4.69) is 27.4 Å². The van der Waals surface area contributed by atoms with Crippen LogP contribution in [0.3, 0.4) is 0 Å². The highest BCUT2D eigenvalue weighted by molar-refractivity contribution is 5.97. The fraction of sp³-hybridized carbons (Fsp3) is 0.185. The van der Waals surface area contributed by atoms with Crippen LogP contribution in [0.25, 0.3) is 11.1 Å². The first-order valence-electron chi connectivity index (χ1n) is 11.4. The highest BCUT2D eigenvalue weighted by atomic mass is 19.1. The number of carbonyl (C=O) groups excluding carboxylic acids is 1. The molecular weight excluding hydrogens is 443 g/mol. The van der Waals surface area contributed by atoms with Crippen LogP contribution in [-0.4, -0.2) is 35.7 Å². The summed E-state index contributed by atoms with van der Waals surface area (Å²) in [6.07, 6.45) is 7.50. The molecule has 1 amide bonds. The Morgan fingerprint density at radius 1 is 1.11 bits per heavy atom. The zero-order chi connectivity index (χ0) is 24.6. The van der Waals surface area contributed by atoms with Gasteiger partial charge in [0.2, 0.25) is 5.91 Å². The van der Waals surface area contributed by atoms with Gasteiger partial charge in [0.05, 0.1) is 19.1 Å². The smallest absolute Gasteiger partial charge is 0.228 e. The first kappa shape index (κ1) is 24.0. The lowest BCUT2D eigenvalue weighted by Gasteiger charge is -2.19. The van der Waals surface area contributed by atoms with Crippen molar-refractivity contribution < 1.29 is 9.18 Å². The zero-order valence-electron chi connectivity index (χ0n) is 19.2. The molecule has 1 aliphatic carbocycles. The standard InChI is InChI=1S/C27H27FN6O/c1-30-34-17-21(12-15-26(34)32-18-31-25-9-5-4-8-24(25)29)19-10-13-22(14-11-19)33-27(35)16-20-6-2-3-7-23(20)28/h2-4,6-8,10-15,17,25,29,31H,1,5,9,16,18H2,(H,33,35)/b29-24?,32-26-/t25-/m0/s1. The number of hydrogen-bond donors (Lipinski definition) is 3. The summed E-state index contributed by atoms with van der Waals surface area (Å²) in [5, 5.41) is 18.1. The Kier molecular flexibility index (Phi) is 7.74. The minimum atomic E-state index is -0.390. The average molecular weight is 471 g/mol. The molecule has 0 bridgehead atoms. The van der Waals surface area contributed by atoms with Gasteiger partial charge >= 0.3 is 0 Å². The summed E-state index contributed by atoms with van der Waals surface area (Å²) in [6.45, 7) is 4.01. The van der Waals surface area contributed by atoms with E-state index in [4.69, 9.17) is 5.41 Å². The van der Waals surface area contributed by atoms with Crippen molar-refractivity contribution in [2.24, 2.45) is 10.1 Å². The molecule has 2 aromatic carbocycles. The number of rotatable bonds is 8. The summed E-state index contributed by atoms with van der Waals surface area (Å²) < 4.78 is 15.4. The zero-order valence-corrected chi connectivity index (χ0v) is 19.2. The number of nitrogens with zero attached hydrogens (tertiary/aromatic N) is 3. The molecule has 4 rings (SSSR count). The average Bonchev–Trinajstić information content (AvgIpc) is 2.87. The number of aromatic nitrogens is 1. The van der Waals surface area contributed by atoms with Gasteiger partial charge in [0.15, 0.2) is 0 Å². The Morgan fingerprint density at radius 3 is 2.63 bits per heavy atom. The van der Waals surface area contributed by atoms with Gasteiger partial charge in [-0.3, -0.25) is 15.1 Å². The van der Waals surface area contributed by atoms with Crippen LogP contribution in [0.15, 0.2) is 89.1 Å². The van der Waals surface area contributed by atoms with Gasteiger partial charge in [0.25, 0.3) is 0 Å². The van der Waals surface area contributed by atoms with Crippen LogP contribution in [0.4, 0.5) is 10.1 Å². The molecule has 0 saturated carbocycles. The van der Waals surface area contributed by atoms with E-state index in [1.54, 1.807) is 35.0 Å². The Balaban J connectivity index is 1.41. The number of benzene rings is 2. The molecule has 1 aromatic heterocycles. The number of halogens is 1. The van der Waals surface area contributed by atoms with Crippen molar-refractivity contribution in [2.75, 3.05) is 12.0 Å². The van der Waals surface area contributed by atoms with Crippen LogP contribution >= 0.6 is 0 Å². The van der Waals surface area contributed by atoms with Crippen molar-refractivity contribution >= 4 is 24.0 Å². The van der Waals surface area contributed by atoms with Crippen LogP contribution in [0.5, 0.6) is 0 Å². The molecule has 0 unspecified atom stereocenters. The van der Waals surface area contributed by atoms with Gasteiger partial charge in [-0.2, -0.15) is 5.10 Å². The molecule has 0 spiro atoms. The maximum atomic E-state index is 13.8. The van der Waals surface area contributed by atoms with Crippen LogP contribution in [-0.2, 0) is 11.2 Å². The van der Waals surface area contributed by atoms with Crippen LogP contribution in [0.2, 0.25) is 0 Å². The summed E-state index contributed by atoms with van der Waals surface area (Å²) in [6, 6.07) is 17.5. The highest BCUT2D eigenvalue weighted by Crippen LogP contribution is 2.21. The fourth-order valence-corrected chi connectivity index (χ4v) is 3.85. The monoisotopic (exact) mass is 470 g/mol. The molecule has 178 valence electrons. The van der Waals surface area contributed by atoms with Gasteiger partial charge in [-0.15, -0.1) is 0 Å². The second kappa shape index (κ2) is 11.3. The van der Waals surface area contributed by atoms with Crippen molar-refractivity contribution in [2.45, 2.75) is 25.3 Å². The van der Waals surface area contributed by atoms with Crippen LogP contribution in [0.1, 0.15) is 18.4 Å². The number of amides is 1. The first-order chi connectivity index (χ1) is 17.0. The number of nitrogens with one attached hydrogen (secondary N) is 3. The number of hydrogen-bond acceptors (Lipinski definition) is 5. The topological polar surface area (TPSA) is 94.6 Å². The molecule has 3 N–H and O–H groups in total. The third-order valence-electron chi connectivity index (χ3n) is 5.74. The van der Waals surface area contributed by atoms with Crippen molar-refractivity contribution in [1.29, 1.82) is 5.41 Å². The summed E-state index contributed by atoms with van der Waals surface area (Å²) in [5.41, 5.74) is 4.05. The molecule has 35 heavy (non-hydrogen) atoms. The minimum Gasteiger partial charge on any atom is -0.326 e. The van der Waals surface area contributed by atoms with Gasteiger partial charge in [0.1, 0.15) is 11.3 Å². The molecule has 8 heteroatoms. The Bertz CT molecular complexity index is 1330. The Hall–Kier alpha value is -4.17. The second-order valence-corrected chi connectivity index (χ2v) is 8.16. The van der Waals surface area contributed by atoms with Crippen molar-refractivity contribution in [1.82, 2.24) is 9.99 Å². The van der Waals surface area contributed by atoms with Crippen molar-refractivity contribution in [3.63, 3.8) is 0 Å². The maximum Gasteiger partial charge on any atom is 0.228 e. The van der Waals surface area contributed by atoms with Gasteiger partial charge in [-0.25, -0.2) is 9.07 Å². The molecule has 3 aromatic rings. The number of carbonyl (C=O) groups is 1. The second-order valence-electron chi connectivity index (χ2n) is 8.16. The maximum absolute atomic E-state index is 13.8. The molecule has 7 nitrogen and oxygen atoms in total.